The zero-order valence-corrected chi connectivity index (χ0v) is 12.2. The molecule has 1 aromatic rings. The minimum absolute atomic E-state index is 0.194. The summed E-state index contributed by atoms with van der Waals surface area (Å²) in [6.07, 6.45) is 0. The SMILES string of the molecule is COc1cc(NC(C)(C)CN)c(OC)c(C)c1C. The van der Waals surface area contributed by atoms with Crippen LogP contribution in [0, 0.1) is 13.8 Å². The van der Waals surface area contributed by atoms with E-state index in [-0.39, 0.29) is 5.54 Å². The standard InChI is InChI=1S/C14H24N2O2/c1-9-10(2)13(18-6)11(7-12(9)17-5)16-14(3,4)8-15/h7,16H,8,15H2,1-6H3. The molecule has 0 amide bonds. The van der Waals surface area contributed by atoms with E-state index in [4.69, 9.17) is 15.2 Å². The van der Waals surface area contributed by atoms with Crippen LogP contribution in [0.2, 0.25) is 0 Å². The van der Waals surface area contributed by atoms with Gasteiger partial charge in [-0.15, -0.1) is 0 Å². The molecule has 4 nitrogen and oxygen atoms in total. The molecule has 0 aliphatic carbocycles. The lowest BCUT2D eigenvalue weighted by Crippen LogP contribution is -2.39. The fourth-order valence-electron chi connectivity index (χ4n) is 1.85. The molecule has 0 aliphatic heterocycles. The van der Waals surface area contributed by atoms with Gasteiger partial charge in [0.05, 0.1) is 19.9 Å². The molecule has 0 saturated carbocycles. The van der Waals surface area contributed by atoms with E-state index < -0.39 is 0 Å². The third-order valence-electron chi connectivity index (χ3n) is 3.20. The highest BCUT2D eigenvalue weighted by Gasteiger charge is 2.20. The molecule has 0 spiro atoms. The lowest BCUT2D eigenvalue weighted by molar-refractivity contribution is 0.398. The van der Waals surface area contributed by atoms with E-state index in [0.717, 1.165) is 28.3 Å². The van der Waals surface area contributed by atoms with E-state index in [9.17, 15) is 0 Å². The summed E-state index contributed by atoms with van der Waals surface area (Å²) in [5.74, 6) is 1.69. The van der Waals surface area contributed by atoms with Gasteiger partial charge in [-0.3, -0.25) is 0 Å². The lowest BCUT2D eigenvalue weighted by Gasteiger charge is -2.28. The predicted octanol–water partition coefficient (Wildman–Crippen LogP) is 2.47. The molecule has 0 aliphatic rings. The number of anilines is 1. The highest BCUT2D eigenvalue weighted by Crippen LogP contribution is 2.38. The molecular weight excluding hydrogens is 228 g/mol. The second-order valence-corrected chi connectivity index (χ2v) is 5.12. The van der Waals surface area contributed by atoms with E-state index in [1.807, 2.05) is 33.8 Å². The van der Waals surface area contributed by atoms with E-state index >= 15 is 0 Å². The quantitative estimate of drug-likeness (QED) is 0.845. The normalized spacial score (nSPS) is 11.3. The summed E-state index contributed by atoms with van der Waals surface area (Å²) >= 11 is 0. The molecule has 0 saturated heterocycles. The van der Waals surface area contributed by atoms with E-state index in [1.165, 1.54) is 0 Å². The van der Waals surface area contributed by atoms with Crippen LogP contribution in [-0.4, -0.2) is 26.3 Å². The Labute approximate surface area is 109 Å². The molecule has 102 valence electrons. The van der Waals surface area contributed by atoms with E-state index in [1.54, 1.807) is 14.2 Å². The maximum Gasteiger partial charge on any atom is 0.145 e. The summed E-state index contributed by atoms with van der Waals surface area (Å²) in [4.78, 5) is 0. The van der Waals surface area contributed by atoms with Crippen molar-refractivity contribution in [2.75, 3.05) is 26.1 Å². The van der Waals surface area contributed by atoms with Crippen molar-refractivity contribution < 1.29 is 9.47 Å². The first-order chi connectivity index (χ1) is 8.36. The van der Waals surface area contributed by atoms with Gasteiger partial charge in [0.15, 0.2) is 0 Å². The number of benzene rings is 1. The van der Waals surface area contributed by atoms with Crippen molar-refractivity contribution in [2.24, 2.45) is 5.73 Å². The van der Waals surface area contributed by atoms with Gasteiger partial charge in [-0.05, 0) is 38.8 Å². The third kappa shape index (κ3) is 2.88. The minimum Gasteiger partial charge on any atom is -0.496 e. The number of hydrogen-bond donors (Lipinski definition) is 2. The maximum atomic E-state index is 5.75. The summed E-state index contributed by atoms with van der Waals surface area (Å²) in [5.41, 5.74) is 8.63. The van der Waals surface area contributed by atoms with Crippen LogP contribution in [0.1, 0.15) is 25.0 Å². The van der Waals surface area contributed by atoms with Crippen LogP contribution in [0.3, 0.4) is 0 Å². The van der Waals surface area contributed by atoms with E-state index in [2.05, 4.69) is 5.32 Å². The Morgan fingerprint density at radius 3 is 2.22 bits per heavy atom. The van der Waals surface area contributed by atoms with Gasteiger partial charge < -0.3 is 20.5 Å². The average molecular weight is 252 g/mol. The predicted molar refractivity (Wildman–Crippen MR) is 75.8 cm³/mol. The van der Waals surface area contributed by atoms with Crippen LogP contribution in [-0.2, 0) is 0 Å². The summed E-state index contributed by atoms with van der Waals surface area (Å²) in [5, 5.41) is 3.40. The van der Waals surface area contributed by atoms with Gasteiger partial charge in [-0.1, -0.05) is 0 Å². The molecule has 3 N–H and O–H groups in total. The van der Waals surface area contributed by atoms with Gasteiger partial charge in [0.2, 0.25) is 0 Å². The number of ether oxygens (including phenoxy) is 2. The molecule has 4 heteroatoms. The summed E-state index contributed by atoms with van der Waals surface area (Å²) < 4.78 is 10.9. The fourth-order valence-corrected chi connectivity index (χ4v) is 1.85. The Morgan fingerprint density at radius 2 is 1.78 bits per heavy atom. The Bertz CT molecular complexity index is 428. The average Bonchev–Trinajstić information content (AvgIpc) is 2.33. The van der Waals surface area contributed by atoms with Gasteiger partial charge >= 0.3 is 0 Å². The summed E-state index contributed by atoms with van der Waals surface area (Å²) in [6, 6.07) is 1.96. The molecule has 18 heavy (non-hydrogen) atoms. The topological polar surface area (TPSA) is 56.5 Å². The monoisotopic (exact) mass is 252 g/mol. The van der Waals surface area contributed by atoms with Crippen molar-refractivity contribution in [3.05, 3.63) is 17.2 Å². The van der Waals surface area contributed by atoms with E-state index in [0.29, 0.717) is 6.54 Å². The van der Waals surface area contributed by atoms with Gasteiger partial charge in [0, 0.05) is 18.2 Å². The lowest BCUT2D eigenvalue weighted by atomic mass is 10.0. The van der Waals surface area contributed by atoms with Crippen LogP contribution in [0.5, 0.6) is 11.5 Å². The Kier molecular flexibility index (Phi) is 4.46. The van der Waals surface area contributed by atoms with Gasteiger partial charge in [-0.25, -0.2) is 0 Å². The van der Waals surface area contributed by atoms with Gasteiger partial charge in [0.1, 0.15) is 11.5 Å². The molecule has 0 atom stereocenters. The van der Waals surface area contributed by atoms with Crippen LogP contribution < -0.4 is 20.5 Å². The number of methoxy groups -OCH3 is 2. The molecule has 0 aromatic heterocycles. The Morgan fingerprint density at radius 1 is 1.17 bits per heavy atom. The first-order valence-electron chi connectivity index (χ1n) is 6.06. The van der Waals surface area contributed by atoms with Crippen molar-refractivity contribution in [1.29, 1.82) is 0 Å². The van der Waals surface area contributed by atoms with Gasteiger partial charge in [0.25, 0.3) is 0 Å². The molecule has 1 aromatic carbocycles. The summed E-state index contributed by atoms with van der Waals surface area (Å²) in [6.45, 7) is 8.68. The zero-order chi connectivity index (χ0) is 13.9. The maximum absolute atomic E-state index is 5.75. The molecule has 0 heterocycles. The van der Waals surface area contributed by atoms with Crippen molar-refractivity contribution >= 4 is 5.69 Å². The number of nitrogens with one attached hydrogen (secondary N) is 1. The first-order valence-corrected chi connectivity index (χ1v) is 6.06. The fraction of sp³-hybridized carbons (Fsp3) is 0.571. The smallest absolute Gasteiger partial charge is 0.145 e. The highest BCUT2D eigenvalue weighted by molar-refractivity contribution is 5.67. The molecule has 0 unspecified atom stereocenters. The Balaban J connectivity index is 3.29. The molecule has 1 rings (SSSR count). The number of nitrogens with two attached hydrogens (primary N) is 1. The second kappa shape index (κ2) is 5.48. The van der Waals surface area contributed by atoms with Gasteiger partial charge in [-0.2, -0.15) is 0 Å². The van der Waals surface area contributed by atoms with Crippen LogP contribution in [0.25, 0.3) is 0 Å². The molecule has 0 fully saturated rings. The largest absolute Gasteiger partial charge is 0.496 e. The molecule has 0 radical (unpaired) electrons. The van der Waals surface area contributed by atoms with Crippen LogP contribution >= 0.6 is 0 Å². The number of rotatable bonds is 5. The van der Waals surface area contributed by atoms with Crippen molar-refractivity contribution in [1.82, 2.24) is 0 Å². The first kappa shape index (κ1) is 14.6. The zero-order valence-electron chi connectivity index (χ0n) is 12.2. The van der Waals surface area contributed by atoms with Crippen LogP contribution in [0.4, 0.5) is 5.69 Å². The second-order valence-electron chi connectivity index (χ2n) is 5.12. The van der Waals surface area contributed by atoms with Crippen LogP contribution in [0.15, 0.2) is 6.07 Å². The highest BCUT2D eigenvalue weighted by atomic mass is 16.5. The molecular formula is C14H24N2O2. The van der Waals surface area contributed by atoms with Crippen molar-refractivity contribution in [3.63, 3.8) is 0 Å². The number of hydrogen-bond acceptors (Lipinski definition) is 4. The summed E-state index contributed by atoms with van der Waals surface area (Å²) in [7, 11) is 3.35. The Hall–Kier alpha value is -1.42. The molecule has 0 bridgehead atoms. The minimum atomic E-state index is -0.194. The third-order valence-corrected chi connectivity index (χ3v) is 3.20. The van der Waals surface area contributed by atoms with Crippen molar-refractivity contribution in [3.8, 4) is 11.5 Å². The van der Waals surface area contributed by atoms with Crippen molar-refractivity contribution in [2.45, 2.75) is 33.2 Å².